The molecule has 0 saturated carbocycles. The summed E-state index contributed by atoms with van der Waals surface area (Å²) in [6.07, 6.45) is 4.52. The Labute approximate surface area is 115 Å². The van der Waals surface area contributed by atoms with Crippen molar-refractivity contribution in [2.75, 3.05) is 0 Å². The normalized spacial score (nSPS) is 16.4. The van der Waals surface area contributed by atoms with Crippen LogP contribution in [0.4, 0.5) is 0 Å². The molecule has 1 aromatic heterocycles. The molecule has 19 heavy (non-hydrogen) atoms. The highest BCUT2D eigenvalue weighted by Gasteiger charge is 2.32. The Kier molecular flexibility index (Phi) is 2.74. The van der Waals surface area contributed by atoms with Crippen molar-refractivity contribution >= 4 is 0 Å². The van der Waals surface area contributed by atoms with E-state index < -0.39 is 0 Å². The fourth-order valence-electron chi connectivity index (χ4n) is 3.37. The molecule has 2 aromatic rings. The van der Waals surface area contributed by atoms with Gasteiger partial charge in [-0.3, -0.25) is 0 Å². The summed E-state index contributed by atoms with van der Waals surface area (Å²) in [5.74, 6) is 0. The molecule has 1 aromatic carbocycles. The number of aromatic nitrogens is 1. The Balaban J connectivity index is 2.24. The second kappa shape index (κ2) is 4.19. The number of pyridine rings is 1. The van der Waals surface area contributed by atoms with E-state index in [4.69, 9.17) is 0 Å². The van der Waals surface area contributed by atoms with E-state index in [0.29, 0.717) is 5.41 Å². The van der Waals surface area contributed by atoms with Crippen LogP contribution < -0.4 is 4.57 Å². The van der Waals surface area contributed by atoms with Gasteiger partial charge in [-0.2, -0.15) is 0 Å². The van der Waals surface area contributed by atoms with Gasteiger partial charge < -0.3 is 0 Å². The van der Waals surface area contributed by atoms with Crippen LogP contribution in [-0.4, -0.2) is 0 Å². The number of benzene rings is 1. The third-order valence-electron chi connectivity index (χ3n) is 4.25. The van der Waals surface area contributed by atoms with Crippen molar-refractivity contribution in [3.05, 3.63) is 53.2 Å². The molecule has 1 aliphatic carbocycles. The van der Waals surface area contributed by atoms with Gasteiger partial charge in [0.25, 0.3) is 0 Å². The Morgan fingerprint density at radius 1 is 1.05 bits per heavy atom. The van der Waals surface area contributed by atoms with Crippen LogP contribution in [-0.2, 0) is 19.9 Å². The Bertz CT molecular complexity index is 638. The number of rotatable bonds is 1. The molecule has 0 amide bonds. The van der Waals surface area contributed by atoms with Crippen LogP contribution in [0, 0.1) is 12.3 Å². The van der Waals surface area contributed by atoms with E-state index in [1.807, 2.05) is 0 Å². The van der Waals surface area contributed by atoms with Gasteiger partial charge in [0.1, 0.15) is 7.05 Å². The number of hydrogen-bond acceptors (Lipinski definition) is 0. The van der Waals surface area contributed by atoms with Crippen molar-refractivity contribution in [2.24, 2.45) is 12.5 Å². The van der Waals surface area contributed by atoms with Crippen LogP contribution in [0.5, 0.6) is 0 Å². The molecule has 0 spiro atoms. The third kappa shape index (κ3) is 2.07. The molecule has 1 heterocycles. The van der Waals surface area contributed by atoms with E-state index in [1.165, 1.54) is 35.2 Å². The largest absolute Gasteiger partial charge is 0.212 e. The highest BCUT2D eigenvalue weighted by atomic mass is 14.9. The van der Waals surface area contributed by atoms with Gasteiger partial charge in [0, 0.05) is 12.1 Å². The number of aryl methyl sites for hydroxylation is 2. The molecular weight excluding hydrogens is 230 g/mol. The zero-order valence-corrected chi connectivity index (χ0v) is 12.3. The summed E-state index contributed by atoms with van der Waals surface area (Å²) >= 11 is 0. The molecule has 0 radical (unpaired) electrons. The smallest absolute Gasteiger partial charge is 0.201 e. The second-order valence-corrected chi connectivity index (χ2v) is 6.61. The minimum Gasteiger partial charge on any atom is -0.201 e. The van der Waals surface area contributed by atoms with Crippen molar-refractivity contribution in [1.82, 2.24) is 0 Å². The van der Waals surface area contributed by atoms with E-state index >= 15 is 0 Å². The van der Waals surface area contributed by atoms with Gasteiger partial charge in [0.15, 0.2) is 6.20 Å². The van der Waals surface area contributed by atoms with Crippen LogP contribution >= 0.6 is 0 Å². The second-order valence-electron chi connectivity index (χ2n) is 6.61. The summed E-state index contributed by atoms with van der Waals surface area (Å²) in [4.78, 5) is 0. The summed E-state index contributed by atoms with van der Waals surface area (Å²) < 4.78 is 2.23. The maximum absolute atomic E-state index is 2.37. The molecule has 0 unspecified atom stereocenters. The van der Waals surface area contributed by atoms with Crippen LogP contribution in [0.2, 0.25) is 0 Å². The lowest BCUT2D eigenvalue weighted by molar-refractivity contribution is -0.660. The van der Waals surface area contributed by atoms with Gasteiger partial charge in [-0.25, -0.2) is 4.57 Å². The van der Waals surface area contributed by atoms with Crippen molar-refractivity contribution in [2.45, 2.75) is 33.6 Å². The Hall–Kier alpha value is -1.63. The average molecular weight is 252 g/mol. The van der Waals surface area contributed by atoms with Gasteiger partial charge in [0.05, 0.1) is 5.56 Å². The average Bonchev–Trinajstić information content (AvgIpc) is 2.65. The molecule has 0 saturated heterocycles. The van der Waals surface area contributed by atoms with E-state index in [2.05, 4.69) is 68.9 Å². The van der Waals surface area contributed by atoms with Crippen LogP contribution in [0.25, 0.3) is 11.3 Å². The molecular formula is C18H22N+. The summed E-state index contributed by atoms with van der Waals surface area (Å²) in [5.41, 5.74) is 7.67. The first-order chi connectivity index (χ1) is 8.98. The SMILES string of the molecule is Cc1ccc2c(c1-c1cccc[n+]1C)CC(C)(C)C2. The maximum atomic E-state index is 2.37. The first-order valence-corrected chi connectivity index (χ1v) is 7.04. The van der Waals surface area contributed by atoms with Gasteiger partial charge in [-0.05, 0) is 47.9 Å². The first-order valence-electron chi connectivity index (χ1n) is 7.04. The molecule has 0 fully saturated rings. The van der Waals surface area contributed by atoms with Gasteiger partial charge >= 0.3 is 0 Å². The van der Waals surface area contributed by atoms with Crippen LogP contribution in [0.15, 0.2) is 36.5 Å². The Morgan fingerprint density at radius 2 is 1.84 bits per heavy atom. The summed E-state index contributed by atoms with van der Waals surface area (Å²) in [6.45, 7) is 6.97. The monoisotopic (exact) mass is 252 g/mol. The molecule has 0 N–H and O–H groups in total. The van der Waals surface area contributed by atoms with Gasteiger partial charge in [-0.15, -0.1) is 0 Å². The fourth-order valence-corrected chi connectivity index (χ4v) is 3.37. The molecule has 0 atom stereocenters. The quantitative estimate of drug-likeness (QED) is 0.683. The first kappa shape index (κ1) is 12.4. The zero-order valence-electron chi connectivity index (χ0n) is 12.3. The van der Waals surface area contributed by atoms with Gasteiger partial charge in [0.2, 0.25) is 5.69 Å². The lowest BCUT2D eigenvalue weighted by Gasteiger charge is -2.15. The minimum atomic E-state index is 0.401. The van der Waals surface area contributed by atoms with Crippen molar-refractivity contribution in [3.63, 3.8) is 0 Å². The molecule has 3 rings (SSSR count). The summed E-state index contributed by atoms with van der Waals surface area (Å²) in [7, 11) is 2.13. The van der Waals surface area contributed by atoms with E-state index in [9.17, 15) is 0 Å². The third-order valence-corrected chi connectivity index (χ3v) is 4.25. The molecule has 0 aliphatic heterocycles. The number of nitrogens with zero attached hydrogens (tertiary/aromatic N) is 1. The standard InChI is InChI=1S/C18H22N/c1-13-8-9-14-11-18(2,3)12-15(14)17(13)16-7-5-6-10-19(16)4/h5-10H,11-12H2,1-4H3/q+1. The lowest BCUT2D eigenvalue weighted by Crippen LogP contribution is -2.30. The number of hydrogen-bond donors (Lipinski definition) is 0. The number of fused-ring (bicyclic) bond motifs is 1. The molecule has 1 nitrogen and oxygen atoms in total. The van der Waals surface area contributed by atoms with Crippen molar-refractivity contribution < 1.29 is 4.57 Å². The predicted octanol–water partition coefficient (Wildman–Crippen LogP) is 3.61. The molecule has 98 valence electrons. The van der Waals surface area contributed by atoms with Crippen LogP contribution in [0.1, 0.15) is 30.5 Å². The Morgan fingerprint density at radius 3 is 2.58 bits per heavy atom. The summed E-state index contributed by atoms with van der Waals surface area (Å²) in [5, 5.41) is 0. The van der Waals surface area contributed by atoms with E-state index in [-0.39, 0.29) is 0 Å². The summed E-state index contributed by atoms with van der Waals surface area (Å²) in [6, 6.07) is 11.1. The topological polar surface area (TPSA) is 3.88 Å². The zero-order chi connectivity index (χ0) is 13.6. The molecule has 1 aliphatic rings. The fraction of sp³-hybridized carbons (Fsp3) is 0.389. The van der Waals surface area contributed by atoms with Gasteiger partial charge in [-0.1, -0.05) is 26.0 Å². The van der Waals surface area contributed by atoms with Crippen molar-refractivity contribution in [1.29, 1.82) is 0 Å². The van der Waals surface area contributed by atoms with E-state index in [1.54, 1.807) is 5.56 Å². The minimum absolute atomic E-state index is 0.401. The molecule has 0 bridgehead atoms. The maximum Gasteiger partial charge on any atom is 0.212 e. The predicted molar refractivity (Wildman–Crippen MR) is 79.0 cm³/mol. The lowest BCUT2D eigenvalue weighted by atomic mass is 9.89. The highest BCUT2D eigenvalue weighted by molar-refractivity contribution is 5.68. The van der Waals surface area contributed by atoms with Crippen LogP contribution in [0.3, 0.4) is 0 Å². The van der Waals surface area contributed by atoms with Crippen molar-refractivity contribution in [3.8, 4) is 11.3 Å². The highest BCUT2D eigenvalue weighted by Crippen LogP contribution is 2.41. The molecule has 1 heteroatoms. The van der Waals surface area contributed by atoms with E-state index in [0.717, 1.165) is 0 Å².